The van der Waals surface area contributed by atoms with E-state index in [4.69, 9.17) is 0 Å². The SMILES string of the molecule is CSc1ccccc1NC(=O)CN(C)C(=O)c1ccccc1SC(C)C. The highest BCUT2D eigenvalue weighted by atomic mass is 32.2. The third kappa shape index (κ3) is 5.54. The van der Waals surface area contributed by atoms with Crippen molar-refractivity contribution < 1.29 is 9.59 Å². The van der Waals surface area contributed by atoms with Crippen molar-refractivity contribution in [2.75, 3.05) is 25.2 Å². The molecule has 0 radical (unpaired) electrons. The van der Waals surface area contributed by atoms with Gasteiger partial charge in [0.25, 0.3) is 5.91 Å². The standard InChI is InChI=1S/C20H24N2O2S2/c1-14(2)26-17-11-7-5-9-15(17)20(24)22(3)13-19(23)21-16-10-6-8-12-18(16)25-4/h5-12,14H,13H2,1-4H3,(H,21,23). The first-order valence-electron chi connectivity index (χ1n) is 8.36. The van der Waals surface area contributed by atoms with Gasteiger partial charge in [-0.05, 0) is 30.5 Å². The highest BCUT2D eigenvalue weighted by Crippen LogP contribution is 2.27. The molecule has 0 saturated carbocycles. The first-order chi connectivity index (χ1) is 12.4. The Kier molecular flexibility index (Phi) is 7.60. The van der Waals surface area contributed by atoms with E-state index in [-0.39, 0.29) is 18.4 Å². The van der Waals surface area contributed by atoms with Gasteiger partial charge in [0, 0.05) is 22.1 Å². The van der Waals surface area contributed by atoms with Crippen molar-refractivity contribution in [3.63, 3.8) is 0 Å². The van der Waals surface area contributed by atoms with Gasteiger partial charge in [0.2, 0.25) is 5.91 Å². The third-order valence-corrected chi connectivity index (χ3v) is 5.47. The number of carbonyl (C=O) groups is 2. The number of benzene rings is 2. The zero-order valence-electron chi connectivity index (χ0n) is 15.5. The van der Waals surface area contributed by atoms with Crippen LogP contribution in [0.4, 0.5) is 5.69 Å². The van der Waals surface area contributed by atoms with E-state index in [0.29, 0.717) is 10.8 Å². The number of likely N-dealkylation sites (N-methyl/N-ethyl adjacent to an activating group) is 1. The van der Waals surface area contributed by atoms with E-state index >= 15 is 0 Å². The Balaban J connectivity index is 2.06. The Morgan fingerprint density at radius 2 is 1.65 bits per heavy atom. The first-order valence-corrected chi connectivity index (χ1v) is 10.5. The van der Waals surface area contributed by atoms with Crippen LogP contribution in [0.1, 0.15) is 24.2 Å². The van der Waals surface area contributed by atoms with Gasteiger partial charge >= 0.3 is 0 Å². The van der Waals surface area contributed by atoms with Crippen LogP contribution in [0, 0.1) is 0 Å². The Morgan fingerprint density at radius 3 is 2.31 bits per heavy atom. The van der Waals surface area contributed by atoms with Gasteiger partial charge in [-0.3, -0.25) is 9.59 Å². The molecular weight excluding hydrogens is 364 g/mol. The normalized spacial score (nSPS) is 10.7. The molecule has 1 N–H and O–H groups in total. The largest absolute Gasteiger partial charge is 0.332 e. The summed E-state index contributed by atoms with van der Waals surface area (Å²) in [5.74, 6) is -0.363. The van der Waals surface area contributed by atoms with E-state index in [9.17, 15) is 9.59 Å². The lowest BCUT2D eigenvalue weighted by Crippen LogP contribution is -2.35. The van der Waals surface area contributed by atoms with Gasteiger partial charge in [0.15, 0.2) is 0 Å². The minimum atomic E-state index is -0.212. The van der Waals surface area contributed by atoms with E-state index in [1.807, 2.05) is 54.8 Å². The minimum Gasteiger partial charge on any atom is -0.332 e. The van der Waals surface area contributed by atoms with Crippen LogP contribution in [-0.4, -0.2) is 41.8 Å². The van der Waals surface area contributed by atoms with Crippen LogP contribution in [0.3, 0.4) is 0 Å². The molecule has 0 atom stereocenters. The van der Waals surface area contributed by atoms with Crippen LogP contribution < -0.4 is 5.32 Å². The Hall–Kier alpha value is -1.92. The summed E-state index contributed by atoms with van der Waals surface area (Å²) in [4.78, 5) is 28.5. The molecule has 26 heavy (non-hydrogen) atoms. The Labute approximate surface area is 163 Å². The number of thioether (sulfide) groups is 2. The number of hydrogen-bond donors (Lipinski definition) is 1. The molecule has 0 bridgehead atoms. The molecule has 0 aliphatic carbocycles. The maximum Gasteiger partial charge on any atom is 0.255 e. The lowest BCUT2D eigenvalue weighted by atomic mass is 10.2. The summed E-state index contributed by atoms with van der Waals surface area (Å²) in [6, 6.07) is 15.2. The van der Waals surface area contributed by atoms with E-state index < -0.39 is 0 Å². The maximum absolute atomic E-state index is 12.8. The molecule has 0 aliphatic rings. The van der Waals surface area contributed by atoms with Crippen molar-refractivity contribution in [3.05, 3.63) is 54.1 Å². The maximum atomic E-state index is 12.8. The summed E-state index contributed by atoms with van der Waals surface area (Å²) in [6.07, 6.45) is 1.96. The van der Waals surface area contributed by atoms with E-state index in [1.54, 1.807) is 30.6 Å². The Bertz CT molecular complexity index is 778. The van der Waals surface area contributed by atoms with E-state index in [0.717, 1.165) is 15.5 Å². The van der Waals surface area contributed by atoms with Crippen molar-refractivity contribution >= 4 is 41.0 Å². The Morgan fingerprint density at radius 1 is 1.04 bits per heavy atom. The molecule has 0 saturated heterocycles. The molecule has 2 amide bonds. The molecule has 0 fully saturated rings. The molecule has 2 aromatic carbocycles. The zero-order chi connectivity index (χ0) is 19.1. The van der Waals surface area contributed by atoms with Gasteiger partial charge < -0.3 is 10.2 Å². The average Bonchev–Trinajstić information content (AvgIpc) is 2.61. The number of nitrogens with one attached hydrogen (secondary N) is 1. The van der Waals surface area contributed by atoms with Crippen molar-refractivity contribution in [2.45, 2.75) is 28.9 Å². The smallest absolute Gasteiger partial charge is 0.255 e. The molecule has 138 valence electrons. The third-order valence-electron chi connectivity index (χ3n) is 3.59. The summed E-state index contributed by atoms with van der Waals surface area (Å²) in [7, 11) is 1.65. The van der Waals surface area contributed by atoms with Crippen molar-refractivity contribution in [1.82, 2.24) is 4.90 Å². The zero-order valence-corrected chi connectivity index (χ0v) is 17.1. The van der Waals surface area contributed by atoms with Crippen molar-refractivity contribution in [1.29, 1.82) is 0 Å². The molecule has 0 unspecified atom stereocenters. The monoisotopic (exact) mass is 388 g/mol. The van der Waals surface area contributed by atoms with E-state index in [2.05, 4.69) is 19.2 Å². The number of rotatable bonds is 7. The van der Waals surface area contributed by atoms with E-state index in [1.165, 1.54) is 4.90 Å². The lowest BCUT2D eigenvalue weighted by molar-refractivity contribution is -0.116. The van der Waals surface area contributed by atoms with Gasteiger partial charge in [-0.15, -0.1) is 23.5 Å². The minimum absolute atomic E-state index is 0.00221. The summed E-state index contributed by atoms with van der Waals surface area (Å²) >= 11 is 3.22. The fraction of sp³-hybridized carbons (Fsp3) is 0.300. The summed E-state index contributed by atoms with van der Waals surface area (Å²) in [6.45, 7) is 4.18. The second-order valence-corrected chi connectivity index (χ2v) is 8.54. The lowest BCUT2D eigenvalue weighted by Gasteiger charge is -2.19. The molecule has 0 aromatic heterocycles. The van der Waals surface area contributed by atoms with Crippen LogP contribution in [0.15, 0.2) is 58.3 Å². The number of nitrogens with zero attached hydrogens (tertiary/aromatic N) is 1. The molecular formula is C20H24N2O2S2. The highest BCUT2D eigenvalue weighted by molar-refractivity contribution is 8.00. The van der Waals surface area contributed by atoms with Crippen molar-refractivity contribution in [2.24, 2.45) is 0 Å². The van der Waals surface area contributed by atoms with Crippen LogP contribution in [0.25, 0.3) is 0 Å². The predicted octanol–water partition coefficient (Wildman–Crippen LogP) is 4.62. The molecule has 2 rings (SSSR count). The molecule has 0 spiro atoms. The molecule has 2 aromatic rings. The van der Waals surface area contributed by atoms with Crippen LogP contribution in [0.2, 0.25) is 0 Å². The number of anilines is 1. The number of carbonyl (C=O) groups excluding carboxylic acids is 2. The predicted molar refractivity (Wildman–Crippen MR) is 111 cm³/mol. The second-order valence-electron chi connectivity index (χ2n) is 6.07. The molecule has 0 aliphatic heterocycles. The van der Waals surface area contributed by atoms with Gasteiger partial charge in [0.1, 0.15) is 0 Å². The van der Waals surface area contributed by atoms with Crippen LogP contribution in [0.5, 0.6) is 0 Å². The summed E-state index contributed by atoms with van der Waals surface area (Å²) < 4.78 is 0. The van der Waals surface area contributed by atoms with Crippen molar-refractivity contribution in [3.8, 4) is 0 Å². The van der Waals surface area contributed by atoms with Gasteiger partial charge in [-0.1, -0.05) is 38.1 Å². The topological polar surface area (TPSA) is 49.4 Å². The van der Waals surface area contributed by atoms with Gasteiger partial charge in [-0.2, -0.15) is 0 Å². The molecule has 6 heteroatoms. The van der Waals surface area contributed by atoms with Crippen LogP contribution >= 0.6 is 23.5 Å². The second kappa shape index (κ2) is 9.69. The number of para-hydroxylation sites is 1. The fourth-order valence-corrected chi connectivity index (χ4v) is 3.93. The average molecular weight is 389 g/mol. The van der Waals surface area contributed by atoms with Gasteiger partial charge in [-0.25, -0.2) is 0 Å². The van der Waals surface area contributed by atoms with Gasteiger partial charge in [0.05, 0.1) is 17.8 Å². The quantitative estimate of drug-likeness (QED) is 0.703. The fourth-order valence-electron chi connectivity index (χ4n) is 2.43. The molecule has 4 nitrogen and oxygen atoms in total. The first kappa shape index (κ1) is 20.4. The summed E-state index contributed by atoms with van der Waals surface area (Å²) in [5, 5.41) is 3.26. The van der Waals surface area contributed by atoms with Crippen LogP contribution in [-0.2, 0) is 4.79 Å². The highest BCUT2D eigenvalue weighted by Gasteiger charge is 2.19. The summed E-state index contributed by atoms with van der Waals surface area (Å²) in [5.41, 5.74) is 1.40. The number of hydrogen-bond acceptors (Lipinski definition) is 4. The molecule has 0 heterocycles. The number of amides is 2.